The summed E-state index contributed by atoms with van der Waals surface area (Å²) in [5, 5.41) is 0.549. The van der Waals surface area contributed by atoms with Gasteiger partial charge in [-0.25, -0.2) is 9.97 Å². The van der Waals surface area contributed by atoms with Crippen molar-refractivity contribution in [2.24, 2.45) is 11.8 Å². The minimum absolute atomic E-state index is 0.0796. The molecule has 0 aliphatic carbocycles. The molecule has 178 valence electrons. The van der Waals surface area contributed by atoms with E-state index in [-0.39, 0.29) is 23.8 Å². The SMILES string of the molecule is C[C@H](Oc1ccc(Cl)cn1)C1CCN(C(=O)C2CCN(c3ccc(C(F)(F)F)cn3)CC2)C1. The van der Waals surface area contributed by atoms with Gasteiger partial charge in [0.15, 0.2) is 0 Å². The Kier molecular flexibility index (Phi) is 6.97. The van der Waals surface area contributed by atoms with Crippen molar-refractivity contribution >= 4 is 23.3 Å². The second-order valence-corrected chi connectivity index (χ2v) is 9.07. The molecule has 2 saturated heterocycles. The summed E-state index contributed by atoms with van der Waals surface area (Å²) in [5.41, 5.74) is -0.759. The number of likely N-dealkylation sites (tertiary alicyclic amines) is 1. The minimum Gasteiger partial charge on any atom is -0.474 e. The summed E-state index contributed by atoms with van der Waals surface area (Å²) >= 11 is 5.86. The minimum atomic E-state index is -4.40. The molecule has 0 spiro atoms. The Bertz CT molecular complexity index is 948. The van der Waals surface area contributed by atoms with E-state index in [4.69, 9.17) is 16.3 Å². The lowest BCUT2D eigenvalue weighted by Gasteiger charge is -2.34. The Balaban J connectivity index is 1.26. The quantitative estimate of drug-likeness (QED) is 0.619. The summed E-state index contributed by atoms with van der Waals surface area (Å²) in [6, 6.07) is 5.91. The fraction of sp³-hybridized carbons (Fsp3) is 0.522. The van der Waals surface area contributed by atoms with Gasteiger partial charge in [0.25, 0.3) is 0 Å². The Hall–Kier alpha value is -2.55. The molecule has 2 aliphatic heterocycles. The fourth-order valence-corrected chi connectivity index (χ4v) is 4.56. The van der Waals surface area contributed by atoms with E-state index in [9.17, 15) is 18.0 Å². The highest BCUT2D eigenvalue weighted by Gasteiger charge is 2.36. The van der Waals surface area contributed by atoms with E-state index in [2.05, 4.69) is 9.97 Å². The fourth-order valence-electron chi connectivity index (χ4n) is 4.44. The molecular weight excluding hydrogens is 457 g/mol. The zero-order chi connectivity index (χ0) is 23.6. The lowest BCUT2D eigenvalue weighted by Crippen LogP contribution is -2.42. The molecule has 6 nitrogen and oxygen atoms in total. The van der Waals surface area contributed by atoms with Crippen LogP contribution in [0.5, 0.6) is 5.88 Å². The van der Waals surface area contributed by atoms with Crippen LogP contribution in [0, 0.1) is 11.8 Å². The Morgan fingerprint density at radius 1 is 1.09 bits per heavy atom. The van der Waals surface area contributed by atoms with Crippen LogP contribution in [0.4, 0.5) is 19.0 Å². The van der Waals surface area contributed by atoms with Gasteiger partial charge in [0.05, 0.1) is 10.6 Å². The Morgan fingerprint density at radius 2 is 1.85 bits per heavy atom. The molecule has 0 radical (unpaired) electrons. The number of nitrogens with zero attached hydrogens (tertiary/aromatic N) is 4. The third-order valence-electron chi connectivity index (χ3n) is 6.45. The number of piperidine rings is 1. The predicted octanol–water partition coefficient (Wildman–Crippen LogP) is 4.68. The number of alkyl halides is 3. The lowest BCUT2D eigenvalue weighted by atomic mass is 9.95. The molecule has 2 atom stereocenters. The maximum absolute atomic E-state index is 13.1. The van der Waals surface area contributed by atoms with Crippen molar-refractivity contribution in [1.29, 1.82) is 0 Å². The summed E-state index contributed by atoms with van der Waals surface area (Å²) < 4.78 is 44.1. The summed E-state index contributed by atoms with van der Waals surface area (Å²) in [7, 11) is 0. The monoisotopic (exact) mass is 482 g/mol. The van der Waals surface area contributed by atoms with Gasteiger partial charge in [0.1, 0.15) is 11.9 Å². The molecule has 0 aromatic carbocycles. The van der Waals surface area contributed by atoms with Crippen molar-refractivity contribution in [3.8, 4) is 5.88 Å². The smallest absolute Gasteiger partial charge is 0.417 e. The molecule has 2 aromatic heterocycles. The van der Waals surface area contributed by atoms with Crippen molar-refractivity contribution < 1.29 is 22.7 Å². The van der Waals surface area contributed by atoms with Crippen LogP contribution in [-0.2, 0) is 11.0 Å². The number of carbonyl (C=O) groups excluding carboxylic acids is 1. The molecule has 0 N–H and O–H groups in total. The third-order valence-corrected chi connectivity index (χ3v) is 6.67. The molecule has 4 heterocycles. The molecule has 2 aromatic rings. The van der Waals surface area contributed by atoms with E-state index < -0.39 is 11.7 Å². The first-order valence-corrected chi connectivity index (χ1v) is 11.4. The number of ether oxygens (including phenoxy) is 1. The zero-order valence-electron chi connectivity index (χ0n) is 18.3. The first-order valence-electron chi connectivity index (χ1n) is 11.1. The van der Waals surface area contributed by atoms with Crippen molar-refractivity contribution in [2.75, 3.05) is 31.1 Å². The molecule has 2 aliphatic rings. The number of halogens is 4. The number of rotatable bonds is 5. The summed E-state index contributed by atoms with van der Waals surface area (Å²) in [6.45, 7) is 4.52. The van der Waals surface area contributed by atoms with Crippen LogP contribution in [0.1, 0.15) is 31.7 Å². The molecule has 0 saturated carbocycles. The molecule has 0 bridgehead atoms. The van der Waals surface area contributed by atoms with Gasteiger partial charge in [0, 0.05) is 56.5 Å². The highest BCUT2D eigenvalue weighted by atomic mass is 35.5. The van der Waals surface area contributed by atoms with Crippen LogP contribution in [0.3, 0.4) is 0 Å². The molecule has 4 rings (SSSR count). The highest BCUT2D eigenvalue weighted by Crippen LogP contribution is 2.31. The van der Waals surface area contributed by atoms with E-state index in [0.717, 1.165) is 18.7 Å². The van der Waals surface area contributed by atoms with Crippen LogP contribution in [0.2, 0.25) is 5.02 Å². The Labute approximate surface area is 195 Å². The number of pyridine rings is 2. The first kappa shape index (κ1) is 23.6. The summed E-state index contributed by atoms with van der Waals surface area (Å²) in [5.74, 6) is 1.32. The largest absolute Gasteiger partial charge is 0.474 e. The average molecular weight is 483 g/mol. The predicted molar refractivity (Wildman–Crippen MR) is 118 cm³/mol. The molecule has 33 heavy (non-hydrogen) atoms. The van der Waals surface area contributed by atoms with Gasteiger partial charge in [-0.05, 0) is 44.4 Å². The van der Waals surface area contributed by atoms with E-state index in [1.165, 1.54) is 6.07 Å². The molecule has 1 unspecified atom stereocenters. The van der Waals surface area contributed by atoms with Gasteiger partial charge in [0.2, 0.25) is 11.8 Å². The second kappa shape index (κ2) is 9.75. The number of carbonyl (C=O) groups is 1. The van der Waals surface area contributed by atoms with Crippen molar-refractivity contribution in [1.82, 2.24) is 14.9 Å². The van der Waals surface area contributed by atoms with Gasteiger partial charge >= 0.3 is 6.18 Å². The summed E-state index contributed by atoms with van der Waals surface area (Å²) in [4.78, 5) is 25.0. The second-order valence-electron chi connectivity index (χ2n) is 8.63. The maximum Gasteiger partial charge on any atom is 0.417 e. The topological polar surface area (TPSA) is 58.6 Å². The van der Waals surface area contributed by atoms with E-state index in [1.807, 2.05) is 16.7 Å². The summed E-state index contributed by atoms with van der Waals surface area (Å²) in [6.07, 6.45) is 0.109. The van der Waals surface area contributed by atoms with Gasteiger partial charge in [-0.2, -0.15) is 13.2 Å². The van der Waals surface area contributed by atoms with Gasteiger partial charge in [-0.15, -0.1) is 0 Å². The molecule has 1 amide bonds. The maximum atomic E-state index is 13.1. The van der Waals surface area contributed by atoms with Crippen molar-refractivity contribution in [2.45, 2.75) is 38.5 Å². The molecule has 2 fully saturated rings. The van der Waals surface area contributed by atoms with E-state index in [1.54, 1.807) is 18.3 Å². The van der Waals surface area contributed by atoms with E-state index >= 15 is 0 Å². The molecule has 10 heteroatoms. The highest BCUT2D eigenvalue weighted by molar-refractivity contribution is 6.30. The van der Waals surface area contributed by atoms with E-state index in [0.29, 0.717) is 55.7 Å². The van der Waals surface area contributed by atoms with Crippen LogP contribution in [-0.4, -0.2) is 53.1 Å². The normalized spacial score (nSPS) is 20.7. The molecular formula is C23H26ClF3N4O2. The number of amides is 1. The van der Waals surface area contributed by atoms with Gasteiger partial charge < -0.3 is 14.5 Å². The van der Waals surface area contributed by atoms with Crippen LogP contribution >= 0.6 is 11.6 Å². The zero-order valence-corrected chi connectivity index (χ0v) is 19.0. The van der Waals surface area contributed by atoms with Crippen molar-refractivity contribution in [3.05, 3.63) is 47.2 Å². The van der Waals surface area contributed by atoms with Crippen LogP contribution in [0.15, 0.2) is 36.7 Å². The van der Waals surface area contributed by atoms with Crippen LogP contribution in [0.25, 0.3) is 0 Å². The van der Waals surface area contributed by atoms with Crippen LogP contribution < -0.4 is 9.64 Å². The Morgan fingerprint density at radius 3 is 2.45 bits per heavy atom. The average Bonchev–Trinajstić information content (AvgIpc) is 3.30. The lowest BCUT2D eigenvalue weighted by molar-refractivity contribution is -0.138. The van der Waals surface area contributed by atoms with Crippen molar-refractivity contribution in [3.63, 3.8) is 0 Å². The van der Waals surface area contributed by atoms with Gasteiger partial charge in [-0.3, -0.25) is 4.79 Å². The number of anilines is 1. The number of hydrogen-bond acceptors (Lipinski definition) is 5. The number of aromatic nitrogens is 2. The number of hydrogen-bond donors (Lipinski definition) is 0. The van der Waals surface area contributed by atoms with Gasteiger partial charge in [-0.1, -0.05) is 11.6 Å². The third kappa shape index (κ3) is 5.69. The first-order chi connectivity index (χ1) is 15.7. The standard InChI is InChI=1S/C23H26ClF3N4O2/c1-15(33-21-5-3-19(24)13-29-21)17-8-11-31(14-17)22(32)16-6-9-30(10-7-16)20-4-2-18(12-28-20)23(25,26)27/h2-5,12-13,15-17H,6-11,14H2,1H3/t15-,17?/m0/s1.